The first-order chi connectivity index (χ1) is 11.4. The average Bonchev–Trinajstić information content (AvgIpc) is 2.55. The molecule has 5 nitrogen and oxygen atoms in total. The Morgan fingerprint density at radius 3 is 2.58 bits per heavy atom. The maximum atomic E-state index is 12.0. The van der Waals surface area contributed by atoms with Crippen molar-refractivity contribution in [3.8, 4) is 0 Å². The minimum absolute atomic E-state index is 0.000979. The average molecular weight is 324 g/mol. The number of hydrogen-bond donors (Lipinski definition) is 1. The summed E-state index contributed by atoms with van der Waals surface area (Å²) in [5.74, 6) is -0.243. The van der Waals surface area contributed by atoms with Gasteiger partial charge < -0.3 is 5.32 Å². The van der Waals surface area contributed by atoms with Crippen LogP contribution in [0.2, 0.25) is 0 Å². The van der Waals surface area contributed by atoms with E-state index in [2.05, 4.69) is 11.4 Å². The fourth-order valence-corrected chi connectivity index (χ4v) is 2.29. The van der Waals surface area contributed by atoms with E-state index in [1.165, 1.54) is 29.3 Å². The highest BCUT2D eigenvalue weighted by Crippen LogP contribution is 2.17. The number of nitrogens with zero attached hydrogens (tertiary/aromatic N) is 1. The van der Waals surface area contributed by atoms with Crippen LogP contribution >= 0.6 is 0 Å². The molecule has 0 fully saturated rings. The molecule has 0 aromatic heterocycles. The fraction of sp³-hybridized carbons (Fsp3) is 0.211. The van der Waals surface area contributed by atoms with Gasteiger partial charge in [-0.05, 0) is 49.1 Å². The maximum Gasteiger partial charge on any atom is 0.270 e. The molecule has 0 aliphatic heterocycles. The summed E-state index contributed by atoms with van der Waals surface area (Å²) in [5.41, 5.74) is 4.04. The van der Waals surface area contributed by atoms with Crippen LogP contribution in [0.5, 0.6) is 0 Å². The second-order valence-corrected chi connectivity index (χ2v) is 5.76. The molecule has 0 saturated carbocycles. The fourth-order valence-electron chi connectivity index (χ4n) is 2.29. The summed E-state index contributed by atoms with van der Waals surface area (Å²) in [4.78, 5) is 22.3. The summed E-state index contributed by atoms with van der Waals surface area (Å²) in [6, 6.07) is 12.1. The molecule has 1 N–H and O–H groups in total. The van der Waals surface area contributed by atoms with E-state index < -0.39 is 4.92 Å². The zero-order valence-electron chi connectivity index (χ0n) is 13.9. The van der Waals surface area contributed by atoms with E-state index in [0.717, 1.165) is 5.56 Å². The van der Waals surface area contributed by atoms with Crippen LogP contribution in [0.3, 0.4) is 0 Å². The van der Waals surface area contributed by atoms with Crippen molar-refractivity contribution in [3.05, 3.63) is 80.9 Å². The molecule has 1 unspecified atom stereocenters. The van der Waals surface area contributed by atoms with Crippen molar-refractivity contribution in [1.29, 1.82) is 0 Å². The number of amides is 1. The van der Waals surface area contributed by atoms with Crippen molar-refractivity contribution in [2.45, 2.75) is 26.8 Å². The molecule has 2 aromatic carbocycles. The van der Waals surface area contributed by atoms with Crippen LogP contribution < -0.4 is 5.32 Å². The first-order valence-electron chi connectivity index (χ1n) is 7.67. The normalized spacial score (nSPS) is 12.1. The number of aryl methyl sites for hydroxylation is 2. The SMILES string of the molecule is Cc1ccc(C(C)NC(=O)/C=C/c2cccc([N+](=O)[O-])c2)cc1C. The highest BCUT2D eigenvalue weighted by Gasteiger charge is 2.09. The Hall–Kier alpha value is -2.95. The number of non-ortho nitro benzene ring substituents is 1. The van der Waals surface area contributed by atoms with E-state index in [1.807, 2.05) is 32.9 Å². The third kappa shape index (κ3) is 4.52. The Kier molecular flexibility index (Phi) is 5.47. The van der Waals surface area contributed by atoms with Gasteiger partial charge in [0, 0.05) is 18.2 Å². The van der Waals surface area contributed by atoms with Gasteiger partial charge >= 0.3 is 0 Å². The van der Waals surface area contributed by atoms with Crippen LogP contribution in [-0.4, -0.2) is 10.8 Å². The molecule has 124 valence electrons. The van der Waals surface area contributed by atoms with Gasteiger partial charge in [-0.25, -0.2) is 0 Å². The number of carbonyl (C=O) groups excluding carboxylic acids is 1. The van der Waals surface area contributed by atoms with E-state index in [9.17, 15) is 14.9 Å². The van der Waals surface area contributed by atoms with Crippen molar-refractivity contribution >= 4 is 17.7 Å². The number of nitro benzene ring substituents is 1. The van der Waals surface area contributed by atoms with Crippen LogP contribution in [-0.2, 0) is 4.79 Å². The molecule has 0 saturated heterocycles. The molecule has 24 heavy (non-hydrogen) atoms. The molecule has 0 bridgehead atoms. The minimum Gasteiger partial charge on any atom is -0.346 e. The van der Waals surface area contributed by atoms with E-state index in [-0.39, 0.29) is 17.6 Å². The van der Waals surface area contributed by atoms with Gasteiger partial charge in [-0.15, -0.1) is 0 Å². The number of nitrogens with one attached hydrogen (secondary N) is 1. The second kappa shape index (κ2) is 7.55. The van der Waals surface area contributed by atoms with E-state index in [0.29, 0.717) is 5.56 Å². The first kappa shape index (κ1) is 17.4. The van der Waals surface area contributed by atoms with Crippen LogP contribution in [0, 0.1) is 24.0 Å². The van der Waals surface area contributed by atoms with Crippen LogP contribution in [0.25, 0.3) is 6.08 Å². The lowest BCUT2D eigenvalue weighted by Gasteiger charge is -2.14. The van der Waals surface area contributed by atoms with Crippen LogP contribution in [0.15, 0.2) is 48.5 Å². The molecule has 5 heteroatoms. The highest BCUT2D eigenvalue weighted by atomic mass is 16.6. The van der Waals surface area contributed by atoms with Gasteiger partial charge in [0.15, 0.2) is 0 Å². The smallest absolute Gasteiger partial charge is 0.270 e. The number of nitro groups is 1. The Morgan fingerprint density at radius 2 is 1.92 bits per heavy atom. The third-order valence-corrected chi connectivity index (χ3v) is 3.90. The number of hydrogen-bond acceptors (Lipinski definition) is 3. The van der Waals surface area contributed by atoms with Gasteiger partial charge in [0.1, 0.15) is 0 Å². The van der Waals surface area contributed by atoms with E-state index >= 15 is 0 Å². The zero-order valence-corrected chi connectivity index (χ0v) is 13.9. The lowest BCUT2D eigenvalue weighted by Crippen LogP contribution is -2.24. The van der Waals surface area contributed by atoms with Gasteiger partial charge in [-0.1, -0.05) is 30.3 Å². The van der Waals surface area contributed by atoms with Crippen LogP contribution in [0.4, 0.5) is 5.69 Å². The standard InChI is InChI=1S/C19H20N2O3/c1-13-7-9-17(11-14(13)2)15(3)20-19(22)10-8-16-5-4-6-18(12-16)21(23)24/h4-12,15H,1-3H3,(H,20,22)/b10-8+. The molecule has 0 aliphatic rings. The van der Waals surface area contributed by atoms with Crippen molar-refractivity contribution in [2.75, 3.05) is 0 Å². The highest BCUT2D eigenvalue weighted by molar-refractivity contribution is 5.92. The second-order valence-electron chi connectivity index (χ2n) is 5.76. The predicted octanol–water partition coefficient (Wildman–Crippen LogP) is 4.10. The maximum absolute atomic E-state index is 12.0. The minimum atomic E-state index is -0.459. The number of rotatable bonds is 5. The molecule has 1 atom stereocenters. The number of benzene rings is 2. The first-order valence-corrected chi connectivity index (χ1v) is 7.67. The zero-order chi connectivity index (χ0) is 17.7. The monoisotopic (exact) mass is 324 g/mol. The molecule has 2 rings (SSSR count). The molecule has 0 heterocycles. The molecular weight excluding hydrogens is 304 g/mol. The summed E-state index contributed by atoms with van der Waals surface area (Å²) < 4.78 is 0. The van der Waals surface area contributed by atoms with E-state index in [4.69, 9.17) is 0 Å². The molecule has 1 amide bonds. The molecule has 0 spiro atoms. The van der Waals surface area contributed by atoms with Crippen molar-refractivity contribution in [1.82, 2.24) is 5.32 Å². The summed E-state index contributed by atoms with van der Waals surface area (Å²) >= 11 is 0. The van der Waals surface area contributed by atoms with Gasteiger partial charge in [0.2, 0.25) is 5.91 Å². The van der Waals surface area contributed by atoms with Crippen molar-refractivity contribution in [3.63, 3.8) is 0 Å². The lowest BCUT2D eigenvalue weighted by atomic mass is 10.0. The van der Waals surface area contributed by atoms with Crippen molar-refractivity contribution in [2.24, 2.45) is 0 Å². The molecule has 0 radical (unpaired) electrons. The largest absolute Gasteiger partial charge is 0.346 e. The molecule has 0 aliphatic carbocycles. The molecule has 2 aromatic rings. The van der Waals surface area contributed by atoms with E-state index in [1.54, 1.807) is 18.2 Å². The summed E-state index contributed by atoms with van der Waals surface area (Å²) in [7, 11) is 0. The Morgan fingerprint density at radius 1 is 1.17 bits per heavy atom. The quantitative estimate of drug-likeness (QED) is 0.511. The van der Waals surface area contributed by atoms with Crippen molar-refractivity contribution < 1.29 is 9.72 Å². The van der Waals surface area contributed by atoms with Gasteiger partial charge in [-0.3, -0.25) is 14.9 Å². The third-order valence-electron chi connectivity index (χ3n) is 3.90. The Balaban J connectivity index is 2.03. The lowest BCUT2D eigenvalue weighted by molar-refractivity contribution is -0.384. The molecular formula is C19H20N2O3. The Bertz CT molecular complexity index is 797. The van der Waals surface area contributed by atoms with Gasteiger partial charge in [0.05, 0.1) is 11.0 Å². The Labute approximate surface area is 141 Å². The topological polar surface area (TPSA) is 72.2 Å². The number of carbonyl (C=O) groups is 1. The predicted molar refractivity (Wildman–Crippen MR) is 94.6 cm³/mol. The summed E-state index contributed by atoms with van der Waals surface area (Å²) in [6.45, 7) is 6.00. The summed E-state index contributed by atoms with van der Waals surface area (Å²) in [5, 5.41) is 13.6. The summed E-state index contributed by atoms with van der Waals surface area (Å²) in [6.07, 6.45) is 2.95. The van der Waals surface area contributed by atoms with Gasteiger partial charge in [-0.2, -0.15) is 0 Å². The van der Waals surface area contributed by atoms with Gasteiger partial charge in [0.25, 0.3) is 5.69 Å². The van der Waals surface area contributed by atoms with Crippen LogP contribution in [0.1, 0.15) is 35.2 Å².